The minimum Gasteiger partial charge on any atom is -0.488 e. The van der Waals surface area contributed by atoms with E-state index in [9.17, 15) is 9.59 Å². The van der Waals surface area contributed by atoms with Gasteiger partial charge < -0.3 is 20.1 Å². The average Bonchev–Trinajstić information content (AvgIpc) is 2.83. The van der Waals surface area contributed by atoms with Crippen molar-refractivity contribution in [1.82, 2.24) is 4.90 Å². The molecule has 0 atom stereocenters. The van der Waals surface area contributed by atoms with E-state index in [2.05, 4.69) is 0 Å². The number of esters is 1. The number of para-hydroxylation sites is 1. The lowest BCUT2D eigenvalue weighted by Crippen LogP contribution is -2.35. The van der Waals surface area contributed by atoms with Crippen LogP contribution >= 0.6 is 0 Å². The second kappa shape index (κ2) is 10.9. The van der Waals surface area contributed by atoms with Gasteiger partial charge in [-0.05, 0) is 35.4 Å². The molecule has 31 heavy (non-hydrogen) atoms. The van der Waals surface area contributed by atoms with Crippen LogP contribution in [0.2, 0.25) is 0 Å². The molecular weight excluding hydrogens is 392 g/mol. The Morgan fingerprint density at radius 1 is 0.871 bits per heavy atom. The number of nitrogens with two attached hydrogens (primary N) is 1. The molecule has 0 spiro atoms. The molecule has 1 amide bonds. The number of benzene rings is 3. The van der Waals surface area contributed by atoms with Gasteiger partial charge in [0.05, 0.1) is 18.2 Å². The number of methoxy groups -OCH3 is 1. The Bertz CT molecular complexity index is 1000. The first kappa shape index (κ1) is 22.1. The summed E-state index contributed by atoms with van der Waals surface area (Å²) in [5, 5.41) is 0. The topological polar surface area (TPSA) is 81.9 Å². The highest BCUT2D eigenvalue weighted by Crippen LogP contribution is 2.22. The summed E-state index contributed by atoms with van der Waals surface area (Å²) in [5.74, 6) is -0.0310. The summed E-state index contributed by atoms with van der Waals surface area (Å²) in [6, 6.07) is 24.0. The van der Waals surface area contributed by atoms with Crippen molar-refractivity contribution in [2.75, 3.05) is 20.2 Å². The Hall–Kier alpha value is -3.64. The van der Waals surface area contributed by atoms with E-state index >= 15 is 0 Å². The SMILES string of the molecule is COC(=O)c1ccc(CN(CCN)C(=O)c2ccccc2OCc2ccccc2)cc1. The Morgan fingerprint density at radius 2 is 1.55 bits per heavy atom. The first-order valence-corrected chi connectivity index (χ1v) is 10.0. The normalized spacial score (nSPS) is 10.4. The number of carbonyl (C=O) groups is 2. The van der Waals surface area contributed by atoms with Crippen molar-refractivity contribution < 1.29 is 19.1 Å². The zero-order valence-electron chi connectivity index (χ0n) is 17.5. The average molecular weight is 418 g/mol. The van der Waals surface area contributed by atoms with Crippen LogP contribution < -0.4 is 10.5 Å². The van der Waals surface area contributed by atoms with E-state index < -0.39 is 5.97 Å². The fourth-order valence-corrected chi connectivity index (χ4v) is 3.17. The van der Waals surface area contributed by atoms with Crippen molar-refractivity contribution >= 4 is 11.9 Å². The van der Waals surface area contributed by atoms with Gasteiger partial charge in [0.15, 0.2) is 0 Å². The molecule has 0 saturated heterocycles. The molecule has 3 aromatic rings. The van der Waals surface area contributed by atoms with Gasteiger partial charge in [-0.2, -0.15) is 0 Å². The summed E-state index contributed by atoms with van der Waals surface area (Å²) < 4.78 is 10.7. The summed E-state index contributed by atoms with van der Waals surface area (Å²) in [5.41, 5.74) is 8.62. The van der Waals surface area contributed by atoms with E-state index in [1.54, 1.807) is 41.3 Å². The van der Waals surface area contributed by atoms with E-state index in [0.29, 0.717) is 43.1 Å². The fourth-order valence-electron chi connectivity index (χ4n) is 3.17. The molecule has 160 valence electrons. The number of amides is 1. The number of nitrogens with zero attached hydrogens (tertiary/aromatic N) is 1. The van der Waals surface area contributed by atoms with Gasteiger partial charge in [-0.1, -0.05) is 54.6 Å². The molecule has 0 fully saturated rings. The Labute approximate surface area is 182 Å². The number of ether oxygens (including phenoxy) is 2. The molecule has 6 nitrogen and oxygen atoms in total. The Balaban J connectivity index is 1.76. The Kier molecular flexibility index (Phi) is 7.79. The molecule has 0 saturated carbocycles. The van der Waals surface area contributed by atoms with Crippen LogP contribution in [-0.2, 0) is 17.9 Å². The zero-order valence-corrected chi connectivity index (χ0v) is 17.5. The maximum Gasteiger partial charge on any atom is 0.337 e. The minimum atomic E-state index is -0.397. The maximum absolute atomic E-state index is 13.3. The highest BCUT2D eigenvalue weighted by Gasteiger charge is 2.20. The molecule has 0 bridgehead atoms. The molecule has 0 aliphatic carbocycles. The number of hydrogen-bond acceptors (Lipinski definition) is 5. The standard InChI is InChI=1S/C25H26N2O4/c1-30-25(29)21-13-11-19(12-14-21)17-27(16-15-26)24(28)22-9-5-6-10-23(22)31-18-20-7-3-2-4-8-20/h2-14H,15-18,26H2,1H3. The lowest BCUT2D eigenvalue weighted by atomic mass is 10.1. The van der Waals surface area contributed by atoms with Crippen LogP contribution in [0, 0.1) is 0 Å². The maximum atomic E-state index is 13.3. The van der Waals surface area contributed by atoms with Gasteiger partial charge in [0.25, 0.3) is 5.91 Å². The second-order valence-electron chi connectivity index (χ2n) is 6.97. The number of rotatable bonds is 9. The van der Waals surface area contributed by atoms with Crippen molar-refractivity contribution in [3.05, 3.63) is 101 Å². The highest BCUT2D eigenvalue weighted by atomic mass is 16.5. The fraction of sp³-hybridized carbons (Fsp3) is 0.200. The monoisotopic (exact) mass is 418 g/mol. The van der Waals surface area contributed by atoms with E-state index in [4.69, 9.17) is 15.2 Å². The quantitative estimate of drug-likeness (QED) is 0.537. The predicted molar refractivity (Wildman–Crippen MR) is 119 cm³/mol. The summed E-state index contributed by atoms with van der Waals surface area (Å²) in [7, 11) is 1.34. The van der Waals surface area contributed by atoms with E-state index in [0.717, 1.165) is 11.1 Å². The van der Waals surface area contributed by atoms with Crippen LogP contribution in [0.3, 0.4) is 0 Å². The smallest absolute Gasteiger partial charge is 0.337 e. The lowest BCUT2D eigenvalue weighted by Gasteiger charge is -2.23. The van der Waals surface area contributed by atoms with Crippen molar-refractivity contribution in [3.8, 4) is 5.75 Å². The molecular formula is C25H26N2O4. The van der Waals surface area contributed by atoms with Crippen LogP contribution in [0.1, 0.15) is 31.8 Å². The van der Waals surface area contributed by atoms with Crippen LogP contribution in [0.25, 0.3) is 0 Å². The van der Waals surface area contributed by atoms with Crippen molar-refractivity contribution in [2.24, 2.45) is 5.73 Å². The molecule has 0 aliphatic heterocycles. The van der Waals surface area contributed by atoms with Gasteiger partial charge in [-0.3, -0.25) is 4.79 Å². The van der Waals surface area contributed by atoms with Gasteiger partial charge in [0.2, 0.25) is 0 Å². The largest absolute Gasteiger partial charge is 0.488 e. The molecule has 0 aromatic heterocycles. The van der Waals surface area contributed by atoms with Gasteiger partial charge in [0, 0.05) is 19.6 Å². The van der Waals surface area contributed by atoms with Gasteiger partial charge in [-0.25, -0.2) is 4.79 Å². The van der Waals surface area contributed by atoms with Crippen LogP contribution in [0.5, 0.6) is 5.75 Å². The third kappa shape index (κ3) is 5.93. The molecule has 0 heterocycles. The summed E-state index contributed by atoms with van der Waals surface area (Å²) in [6.07, 6.45) is 0. The first-order valence-electron chi connectivity index (χ1n) is 10.0. The zero-order chi connectivity index (χ0) is 22.1. The molecule has 0 radical (unpaired) electrons. The first-order chi connectivity index (χ1) is 15.1. The van der Waals surface area contributed by atoms with Crippen LogP contribution in [0.4, 0.5) is 0 Å². The third-order valence-electron chi connectivity index (χ3n) is 4.79. The summed E-state index contributed by atoms with van der Waals surface area (Å²) in [4.78, 5) is 26.6. The number of hydrogen-bond donors (Lipinski definition) is 1. The van der Waals surface area contributed by atoms with Gasteiger partial charge in [0.1, 0.15) is 12.4 Å². The molecule has 0 unspecified atom stereocenters. The van der Waals surface area contributed by atoms with Crippen molar-refractivity contribution in [1.29, 1.82) is 0 Å². The Morgan fingerprint density at radius 3 is 2.23 bits per heavy atom. The molecule has 3 rings (SSSR count). The minimum absolute atomic E-state index is 0.161. The van der Waals surface area contributed by atoms with Gasteiger partial charge in [-0.15, -0.1) is 0 Å². The summed E-state index contributed by atoms with van der Waals surface area (Å²) in [6.45, 7) is 1.46. The van der Waals surface area contributed by atoms with E-state index in [1.807, 2.05) is 42.5 Å². The van der Waals surface area contributed by atoms with E-state index in [-0.39, 0.29) is 5.91 Å². The second-order valence-corrected chi connectivity index (χ2v) is 6.97. The molecule has 0 aliphatic rings. The molecule has 3 aromatic carbocycles. The molecule has 2 N–H and O–H groups in total. The van der Waals surface area contributed by atoms with Gasteiger partial charge >= 0.3 is 5.97 Å². The van der Waals surface area contributed by atoms with Crippen molar-refractivity contribution in [2.45, 2.75) is 13.2 Å². The van der Waals surface area contributed by atoms with Crippen LogP contribution in [0.15, 0.2) is 78.9 Å². The molecule has 6 heteroatoms. The predicted octanol–water partition coefficient (Wildman–Crippen LogP) is 3.65. The summed E-state index contributed by atoms with van der Waals surface area (Å²) >= 11 is 0. The third-order valence-corrected chi connectivity index (χ3v) is 4.79. The van der Waals surface area contributed by atoms with E-state index in [1.165, 1.54) is 7.11 Å². The van der Waals surface area contributed by atoms with Crippen molar-refractivity contribution in [3.63, 3.8) is 0 Å². The highest BCUT2D eigenvalue weighted by molar-refractivity contribution is 5.97. The van der Waals surface area contributed by atoms with Crippen LogP contribution in [-0.4, -0.2) is 37.0 Å². The lowest BCUT2D eigenvalue weighted by molar-refractivity contribution is 0.0600. The number of carbonyl (C=O) groups excluding carboxylic acids is 2.